The van der Waals surface area contributed by atoms with Crippen LogP contribution >= 0.6 is 0 Å². The van der Waals surface area contributed by atoms with E-state index in [1.54, 1.807) is 0 Å². The van der Waals surface area contributed by atoms with Crippen molar-refractivity contribution in [2.45, 2.75) is 46.5 Å². The second kappa shape index (κ2) is 4.75. The highest BCUT2D eigenvalue weighted by molar-refractivity contribution is 5.75. The quantitative estimate of drug-likeness (QED) is 0.882. The average molecular weight is 246 g/mol. The van der Waals surface area contributed by atoms with Crippen LogP contribution in [0.25, 0.3) is 0 Å². The van der Waals surface area contributed by atoms with Crippen molar-refractivity contribution in [1.29, 1.82) is 0 Å². The van der Waals surface area contributed by atoms with Gasteiger partial charge in [0.15, 0.2) is 0 Å². The van der Waals surface area contributed by atoms with Crippen molar-refractivity contribution in [3.05, 3.63) is 34.9 Å². The minimum absolute atomic E-state index is 0.530. The smallest absolute Gasteiger partial charge is 0.309 e. The van der Waals surface area contributed by atoms with Gasteiger partial charge in [0.2, 0.25) is 0 Å². The highest BCUT2D eigenvalue weighted by Gasteiger charge is 2.44. The number of carboxylic acid groups (broad SMARTS) is 1. The van der Waals surface area contributed by atoms with Gasteiger partial charge in [-0.2, -0.15) is 0 Å². The van der Waals surface area contributed by atoms with Crippen molar-refractivity contribution in [3.63, 3.8) is 0 Å². The summed E-state index contributed by atoms with van der Waals surface area (Å²) in [6.45, 7) is 6.30. The Bertz CT molecular complexity index is 464. The Balaban J connectivity index is 2.30. The lowest BCUT2D eigenvalue weighted by Crippen LogP contribution is -2.31. The normalized spacial score (nSPS) is 27.4. The molecule has 0 radical (unpaired) electrons. The number of hydrogen-bond donors (Lipinski definition) is 1. The fraction of sp³-hybridized carbons (Fsp3) is 0.562. The molecule has 1 aliphatic carbocycles. The highest BCUT2D eigenvalue weighted by atomic mass is 16.4. The molecule has 0 bridgehead atoms. The van der Waals surface area contributed by atoms with Crippen LogP contribution < -0.4 is 0 Å². The molecular weight excluding hydrogens is 224 g/mol. The summed E-state index contributed by atoms with van der Waals surface area (Å²) in [6, 6.07) is 6.32. The molecule has 2 unspecified atom stereocenters. The molecular formula is C16H22O2. The van der Waals surface area contributed by atoms with Gasteiger partial charge < -0.3 is 5.11 Å². The van der Waals surface area contributed by atoms with E-state index in [2.05, 4.69) is 39.0 Å². The first-order valence-electron chi connectivity index (χ1n) is 6.72. The van der Waals surface area contributed by atoms with E-state index in [0.717, 1.165) is 19.3 Å². The molecule has 2 heteroatoms. The zero-order valence-corrected chi connectivity index (χ0v) is 11.5. The maximum atomic E-state index is 11.7. The van der Waals surface area contributed by atoms with E-state index in [4.69, 9.17) is 0 Å². The Morgan fingerprint density at radius 2 is 2.17 bits per heavy atom. The molecule has 98 valence electrons. The number of rotatable bonds is 3. The summed E-state index contributed by atoms with van der Waals surface area (Å²) in [4.78, 5) is 11.7. The summed E-state index contributed by atoms with van der Waals surface area (Å²) in [5, 5.41) is 9.60. The largest absolute Gasteiger partial charge is 0.481 e. The molecule has 0 saturated heterocycles. The molecule has 0 spiro atoms. The number of aryl methyl sites for hydroxylation is 2. The number of aliphatic carboxylic acids is 1. The van der Waals surface area contributed by atoms with Gasteiger partial charge in [0.05, 0.1) is 5.41 Å². The van der Waals surface area contributed by atoms with Gasteiger partial charge in [-0.25, -0.2) is 0 Å². The molecule has 0 aromatic heterocycles. The van der Waals surface area contributed by atoms with Crippen molar-refractivity contribution in [2.24, 2.45) is 11.3 Å². The summed E-state index contributed by atoms with van der Waals surface area (Å²) in [5.41, 5.74) is 3.09. The lowest BCUT2D eigenvalue weighted by molar-refractivity contribution is -0.148. The molecule has 2 atom stereocenters. The molecule has 1 fully saturated rings. The van der Waals surface area contributed by atoms with Crippen LogP contribution in [0.4, 0.5) is 0 Å². The van der Waals surface area contributed by atoms with Crippen molar-refractivity contribution in [1.82, 2.24) is 0 Å². The van der Waals surface area contributed by atoms with Crippen LogP contribution in [-0.2, 0) is 11.2 Å². The number of carbonyl (C=O) groups is 1. The zero-order chi connectivity index (χ0) is 13.3. The van der Waals surface area contributed by atoms with E-state index >= 15 is 0 Å². The average Bonchev–Trinajstić information content (AvgIpc) is 2.67. The minimum atomic E-state index is -0.618. The molecule has 1 aromatic carbocycles. The van der Waals surface area contributed by atoms with E-state index in [-0.39, 0.29) is 0 Å². The first kappa shape index (κ1) is 13.1. The lowest BCUT2D eigenvalue weighted by atomic mass is 9.78. The number of benzene rings is 1. The first-order chi connectivity index (χ1) is 8.43. The summed E-state index contributed by atoms with van der Waals surface area (Å²) in [5.74, 6) is -0.0843. The van der Waals surface area contributed by atoms with Crippen LogP contribution in [0.3, 0.4) is 0 Å². The predicted octanol–water partition coefficient (Wildman–Crippen LogP) is 3.74. The topological polar surface area (TPSA) is 37.3 Å². The Kier molecular flexibility index (Phi) is 3.47. The van der Waals surface area contributed by atoms with Gasteiger partial charge >= 0.3 is 5.97 Å². The molecule has 0 amide bonds. The third kappa shape index (κ3) is 2.43. The molecule has 1 saturated carbocycles. The Hall–Kier alpha value is -1.31. The standard InChI is InChI=1S/C16H22O2/c1-11-4-5-13(3)14(8-11)10-16(15(17)18)7-6-12(2)9-16/h4-5,8,12H,6-7,9-10H2,1-3H3,(H,17,18). The molecule has 1 aliphatic rings. The van der Waals surface area contributed by atoms with Crippen molar-refractivity contribution < 1.29 is 9.90 Å². The first-order valence-corrected chi connectivity index (χ1v) is 6.72. The van der Waals surface area contributed by atoms with Crippen molar-refractivity contribution in [2.75, 3.05) is 0 Å². The van der Waals surface area contributed by atoms with Crippen LogP contribution in [0.5, 0.6) is 0 Å². The van der Waals surface area contributed by atoms with E-state index in [0.29, 0.717) is 12.3 Å². The van der Waals surface area contributed by atoms with Crippen LogP contribution in [-0.4, -0.2) is 11.1 Å². The Labute approximate surface area is 109 Å². The van der Waals surface area contributed by atoms with Gasteiger partial charge in [-0.15, -0.1) is 0 Å². The van der Waals surface area contributed by atoms with E-state index in [1.165, 1.54) is 16.7 Å². The van der Waals surface area contributed by atoms with Crippen LogP contribution in [0.2, 0.25) is 0 Å². The second-order valence-corrected chi connectivity index (χ2v) is 6.04. The summed E-state index contributed by atoms with van der Waals surface area (Å²) in [7, 11) is 0. The zero-order valence-electron chi connectivity index (χ0n) is 11.5. The van der Waals surface area contributed by atoms with Gasteiger partial charge in [0, 0.05) is 0 Å². The lowest BCUT2D eigenvalue weighted by Gasteiger charge is -2.25. The Morgan fingerprint density at radius 3 is 2.72 bits per heavy atom. The van der Waals surface area contributed by atoms with Crippen LogP contribution in [0.1, 0.15) is 42.9 Å². The number of hydrogen-bond acceptors (Lipinski definition) is 1. The Morgan fingerprint density at radius 1 is 1.44 bits per heavy atom. The molecule has 2 rings (SSSR count). The highest BCUT2D eigenvalue weighted by Crippen LogP contribution is 2.44. The van der Waals surface area contributed by atoms with Crippen LogP contribution in [0.15, 0.2) is 18.2 Å². The molecule has 1 aromatic rings. The SMILES string of the molecule is Cc1ccc(C)c(CC2(C(=O)O)CCC(C)C2)c1. The number of carboxylic acids is 1. The summed E-state index contributed by atoms with van der Waals surface area (Å²) >= 11 is 0. The van der Waals surface area contributed by atoms with Gasteiger partial charge in [0.1, 0.15) is 0 Å². The van der Waals surface area contributed by atoms with Crippen molar-refractivity contribution >= 4 is 5.97 Å². The molecule has 0 aliphatic heterocycles. The van der Waals surface area contributed by atoms with Crippen molar-refractivity contribution in [3.8, 4) is 0 Å². The summed E-state index contributed by atoms with van der Waals surface area (Å²) in [6.07, 6.45) is 3.35. The summed E-state index contributed by atoms with van der Waals surface area (Å²) < 4.78 is 0. The second-order valence-electron chi connectivity index (χ2n) is 6.04. The predicted molar refractivity (Wildman–Crippen MR) is 72.7 cm³/mol. The molecule has 2 nitrogen and oxygen atoms in total. The van der Waals surface area contributed by atoms with Gasteiger partial charge in [-0.1, -0.05) is 30.7 Å². The van der Waals surface area contributed by atoms with E-state index in [9.17, 15) is 9.90 Å². The third-order valence-corrected chi connectivity index (χ3v) is 4.34. The van der Waals surface area contributed by atoms with Gasteiger partial charge in [-0.05, 0) is 56.6 Å². The maximum absolute atomic E-state index is 11.7. The fourth-order valence-corrected chi connectivity index (χ4v) is 3.18. The van der Waals surface area contributed by atoms with Gasteiger partial charge in [0.25, 0.3) is 0 Å². The van der Waals surface area contributed by atoms with Gasteiger partial charge in [-0.3, -0.25) is 4.79 Å². The molecule has 0 heterocycles. The van der Waals surface area contributed by atoms with E-state index < -0.39 is 11.4 Å². The minimum Gasteiger partial charge on any atom is -0.481 e. The fourth-order valence-electron chi connectivity index (χ4n) is 3.18. The molecule has 18 heavy (non-hydrogen) atoms. The molecule has 1 N–H and O–H groups in total. The maximum Gasteiger partial charge on any atom is 0.309 e. The monoisotopic (exact) mass is 246 g/mol. The third-order valence-electron chi connectivity index (χ3n) is 4.34. The van der Waals surface area contributed by atoms with Crippen LogP contribution in [0, 0.1) is 25.2 Å². The van der Waals surface area contributed by atoms with E-state index in [1.807, 2.05) is 0 Å².